The molecule has 0 spiro atoms. The minimum Gasteiger partial charge on any atom is -0.443 e. The fraction of sp³-hybridized carbons (Fsp3) is 0.750. The van der Waals surface area contributed by atoms with Gasteiger partial charge >= 0.3 is 6.09 Å². The molecule has 0 unspecified atom stereocenters. The first-order valence-electron chi connectivity index (χ1n) is 8.25. The molecule has 1 aromatic rings. The van der Waals surface area contributed by atoms with Crippen LogP contribution in [0.2, 0.25) is 0 Å². The number of hydrogen-bond acceptors (Lipinski definition) is 7. The van der Waals surface area contributed by atoms with Crippen molar-refractivity contribution < 1.29 is 30.0 Å². The number of rotatable bonds is 1. The van der Waals surface area contributed by atoms with Gasteiger partial charge in [0.25, 0.3) is 11.8 Å². The summed E-state index contributed by atoms with van der Waals surface area (Å²) in [4.78, 5) is 12.3. The number of aromatic nitrogens is 2. The van der Waals surface area contributed by atoms with E-state index in [1.807, 2.05) is 13.8 Å². The molecule has 0 aromatic carbocycles. The van der Waals surface area contributed by atoms with E-state index in [2.05, 4.69) is 5.10 Å². The second-order valence-electron chi connectivity index (χ2n) is 6.92. The lowest BCUT2D eigenvalue weighted by molar-refractivity contribution is -0.394. The van der Waals surface area contributed by atoms with Gasteiger partial charge in [-0.05, 0) is 33.3 Å². The zero-order valence-corrected chi connectivity index (χ0v) is 15.6. The number of ether oxygens (including phenoxy) is 1. The Hall–Kier alpha value is -1.68. The van der Waals surface area contributed by atoms with E-state index in [9.17, 15) is 25.2 Å². The van der Waals surface area contributed by atoms with Crippen molar-refractivity contribution in [3.63, 3.8) is 0 Å². The number of nitrogens with zero attached hydrogens (tertiary/aromatic N) is 3. The van der Waals surface area contributed by atoms with Crippen molar-refractivity contribution in [1.82, 2.24) is 14.7 Å². The number of likely N-dealkylation sites (tertiary alicyclic amines) is 1. The molecule has 9 heteroatoms. The fourth-order valence-electron chi connectivity index (χ4n) is 2.59. The molecule has 144 valence electrons. The lowest BCUT2D eigenvalue weighted by Gasteiger charge is -2.48. The van der Waals surface area contributed by atoms with Crippen molar-refractivity contribution in [2.75, 3.05) is 0 Å². The molecule has 0 radical (unpaired) electrons. The first kappa shape index (κ1) is 21.4. The van der Waals surface area contributed by atoms with E-state index in [0.29, 0.717) is 0 Å². The number of aryl methyl sites for hydroxylation is 1. The van der Waals surface area contributed by atoms with Gasteiger partial charge in [-0.3, -0.25) is 4.68 Å². The van der Waals surface area contributed by atoms with E-state index in [0.717, 1.165) is 5.56 Å². The van der Waals surface area contributed by atoms with Crippen LogP contribution in [0, 0.1) is 6.92 Å². The van der Waals surface area contributed by atoms with Gasteiger partial charge in [0.2, 0.25) is 0 Å². The van der Waals surface area contributed by atoms with Crippen molar-refractivity contribution in [1.29, 1.82) is 0 Å². The average molecular weight is 359 g/mol. The largest absolute Gasteiger partial charge is 0.443 e. The van der Waals surface area contributed by atoms with Crippen LogP contribution in [0.3, 0.4) is 0 Å². The highest BCUT2D eigenvalue weighted by atomic mass is 16.6. The van der Waals surface area contributed by atoms with Gasteiger partial charge in [0.05, 0.1) is 12.2 Å². The molecule has 0 atom stereocenters. The Labute approximate surface area is 147 Å². The average Bonchev–Trinajstić information content (AvgIpc) is 2.82. The van der Waals surface area contributed by atoms with Gasteiger partial charge in [-0.15, -0.1) is 0 Å². The molecule has 0 bridgehead atoms. The van der Waals surface area contributed by atoms with Crippen LogP contribution >= 0.6 is 0 Å². The Kier molecular flexibility index (Phi) is 6.22. The van der Waals surface area contributed by atoms with Crippen LogP contribution in [-0.4, -0.2) is 58.6 Å². The van der Waals surface area contributed by atoms with Crippen molar-refractivity contribution in [3.05, 3.63) is 18.0 Å². The number of carbonyl (C=O) groups excluding carboxylic acids is 1. The van der Waals surface area contributed by atoms with E-state index >= 15 is 0 Å². The highest BCUT2D eigenvalue weighted by Gasteiger charge is 2.57. The molecule has 1 aromatic heterocycles. The molecule has 1 amide bonds. The van der Waals surface area contributed by atoms with Gasteiger partial charge in [-0.25, -0.2) is 9.69 Å². The van der Waals surface area contributed by atoms with Crippen molar-refractivity contribution in [3.8, 4) is 0 Å². The molecule has 4 N–H and O–H groups in total. The van der Waals surface area contributed by atoms with E-state index < -0.39 is 29.6 Å². The third-order valence-corrected chi connectivity index (χ3v) is 3.42. The predicted molar refractivity (Wildman–Crippen MR) is 89.0 cm³/mol. The summed E-state index contributed by atoms with van der Waals surface area (Å²) in [6, 6.07) is -0.715. The zero-order chi connectivity index (χ0) is 19.6. The maximum atomic E-state index is 12.1. The number of carbonyl (C=O) groups is 1. The maximum Gasteiger partial charge on any atom is 0.418 e. The SMILES string of the molecule is CC.Cc1cnn(C2CC(O)(O)N(C(=O)OC(C)(C)C)C(O)(O)C2)c1. The maximum absolute atomic E-state index is 12.1. The molecule has 25 heavy (non-hydrogen) atoms. The highest BCUT2D eigenvalue weighted by molar-refractivity contribution is 5.69. The summed E-state index contributed by atoms with van der Waals surface area (Å²) < 4.78 is 6.42. The Balaban J connectivity index is 0.00000151. The van der Waals surface area contributed by atoms with Gasteiger partial charge in [0.1, 0.15) is 5.60 Å². The topological polar surface area (TPSA) is 128 Å². The first-order chi connectivity index (χ1) is 11.3. The molecule has 9 nitrogen and oxygen atoms in total. The van der Waals surface area contributed by atoms with Crippen LogP contribution in [0.25, 0.3) is 0 Å². The van der Waals surface area contributed by atoms with Crippen LogP contribution in [0.15, 0.2) is 12.4 Å². The first-order valence-corrected chi connectivity index (χ1v) is 8.25. The second-order valence-corrected chi connectivity index (χ2v) is 6.92. The number of piperidine rings is 1. The third-order valence-electron chi connectivity index (χ3n) is 3.42. The van der Waals surface area contributed by atoms with Crippen LogP contribution in [-0.2, 0) is 4.74 Å². The van der Waals surface area contributed by atoms with Crippen LogP contribution in [0.4, 0.5) is 4.79 Å². The Bertz CT molecular complexity index is 573. The lowest BCUT2D eigenvalue weighted by atomic mass is 9.98. The minimum atomic E-state index is -2.80. The molecule has 1 aliphatic rings. The summed E-state index contributed by atoms with van der Waals surface area (Å²) in [7, 11) is 0. The molecule has 2 rings (SSSR count). The van der Waals surface area contributed by atoms with Crippen LogP contribution in [0.1, 0.15) is 59.1 Å². The van der Waals surface area contributed by atoms with Crippen LogP contribution < -0.4 is 0 Å². The van der Waals surface area contributed by atoms with Gasteiger partial charge in [0.15, 0.2) is 0 Å². The molecule has 2 heterocycles. The Morgan fingerprint density at radius 1 is 1.20 bits per heavy atom. The summed E-state index contributed by atoms with van der Waals surface area (Å²) in [6.07, 6.45) is 1.27. The van der Waals surface area contributed by atoms with Gasteiger partial charge < -0.3 is 25.2 Å². The van der Waals surface area contributed by atoms with Crippen LogP contribution in [0.5, 0.6) is 0 Å². The molecule has 0 aliphatic carbocycles. The standard InChI is InChI=1S/C14H23N3O6.C2H6/c1-9-7-15-16(8-9)10-5-13(19,20)17(14(21,22)6-10)11(18)23-12(2,3)4;1-2/h7-8,10,19-22H,5-6H2,1-4H3;1-2H3. The van der Waals surface area contributed by atoms with E-state index in [1.54, 1.807) is 40.1 Å². The minimum absolute atomic E-state index is 0.137. The summed E-state index contributed by atoms with van der Waals surface area (Å²) >= 11 is 0. The quantitative estimate of drug-likeness (QED) is 0.552. The summed E-state index contributed by atoms with van der Waals surface area (Å²) in [6.45, 7) is 10.5. The van der Waals surface area contributed by atoms with Gasteiger partial charge in [0, 0.05) is 19.0 Å². The molecule has 1 saturated heterocycles. The molecule has 1 fully saturated rings. The summed E-state index contributed by atoms with van der Waals surface area (Å²) in [5.41, 5.74) is -0.0957. The smallest absolute Gasteiger partial charge is 0.418 e. The number of hydrogen-bond donors (Lipinski definition) is 4. The Morgan fingerprint density at radius 2 is 1.68 bits per heavy atom. The number of amides is 1. The molecule has 1 aliphatic heterocycles. The predicted octanol–water partition coefficient (Wildman–Crippen LogP) is 1.07. The van der Waals surface area contributed by atoms with E-state index in [1.165, 1.54) is 4.68 Å². The monoisotopic (exact) mass is 359 g/mol. The van der Waals surface area contributed by atoms with E-state index in [4.69, 9.17) is 4.74 Å². The third kappa shape index (κ3) is 5.15. The van der Waals surface area contributed by atoms with Crippen molar-refractivity contribution in [2.24, 2.45) is 0 Å². The summed E-state index contributed by atoms with van der Waals surface area (Å²) in [5.74, 6) is -5.59. The number of aliphatic hydroxyl groups is 4. The summed E-state index contributed by atoms with van der Waals surface area (Å²) in [5, 5.41) is 44.8. The van der Waals surface area contributed by atoms with Crippen molar-refractivity contribution >= 4 is 6.09 Å². The highest BCUT2D eigenvalue weighted by Crippen LogP contribution is 2.39. The Morgan fingerprint density at radius 3 is 2.04 bits per heavy atom. The lowest BCUT2D eigenvalue weighted by Crippen LogP contribution is -2.68. The zero-order valence-electron chi connectivity index (χ0n) is 15.6. The normalized spacial score (nSPS) is 19.8. The van der Waals surface area contributed by atoms with Gasteiger partial charge in [-0.2, -0.15) is 5.10 Å². The fourth-order valence-corrected chi connectivity index (χ4v) is 2.59. The molecule has 0 saturated carbocycles. The molecular weight excluding hydrogens is 330 g/mol. The van der Waals surface area contributed by atoms with Crippen molar-refractivity contribution in [2.45, 2.75) is 77.8 Å². The molecular formula is C16H29N3O6. The second kappa shape index (κ2) is 7.28. The van der Waals surface area contributed by atoms with E-state index in [-0.39, 0.29) is 17.7 Å². The van der Waals surface area contributed by atoms with Gasteiger partial charge in [-0.1, -0.05) is 13.8 Å².